The zero-order valence-corrected chi connectivity index (χ0v) is 34.6. The Hall–Kier alpha value is -6.62. The molecular formula is C49H28N6O2PdPt. The molecule has 0 fully saturated rings. The van der Waals surface area contributed by atoms with Gasteiger partial charge in [-0.3, -0.25) is 0 Å². The number of hydrogen-bond acceptors (Lipinski definition) is 7. The summed E-state index contributed by atoms with van der Waals surface area (Å²) in [6, 6.07) is 61.8. The first-order valence-corrected chi connectivity index (χ1v) is 18.2. The third-order valence-electron chi connectivity index (χ3n) is 9.47. The van der Waals surface area contributed by atoms with Crippen LogP contribution in [0, 0.1) is 24.3 Å². The first-order valence-electron chi connectivity index (χ1n) is 18.2. The number of benzene rings is 6. The van der Waals surface area contributed by atoms with Crippen LogP contribution in [0.15, 0.2) is 171 Å². The maximum atomic E-state index is 6.71. The van der Waals surface area contributed by atoms with E-state index in [0.29, 0.717) is 40.0 Å². The second-order valence-electron chi connectivity index (χ2n) is 13.0. The van der Waals surface area contributed by atoms with E-state index in [1.54, 1.807) is 12.4 Å². The fourth-order valence-electron chi connectivity index (χ4n) is 6.87. The van der Waals surface area contributed by atoms with E-state index in [2.05, 4.69) is 85.6 Å². The van der Waals surface area contributed by atoms with Gasteiger partial charge in [-0.2, -0.15) is 22.9 Å². The minimum absolute atomic E-state index is 0. The summed E-state index contributed by atoms with van der Waals surface area (Å²) in [5.41, 5.74) is 8.20. The number of nitrogens with zero attached hydrogens (tertiary/aromatic N) is 6. The monoisotopic (exact) mass is 1030 g/mol. The van der Waals surface area contributed by atoms with Crippen molar-refractivity contribution < 1.29 is 51.0 Å². The van der Waals surface area contributed by atoms with Crippen LogP contribution in [0.25, 0.3) is 72.5 Å². The molecule has 10 aromatic rings. The van der Waals surface area contributed by atoms with Gasteiger partial charge in [-0.05, 0) is 23.5 Å². The average molecular weight is 1030 g/mol. The summed E-state index contributed by atoms with van der Waals surface area (Å²) in [6.45, 7) is 0. The van der Waals surface area contributed by atoms with E-state index in [1.807, 2.05) is 114 Å². The van der Waals surface area contributed by atoms with Crippen molar-refractivity contribution in [2.24, 2.45) is 0 Å². The molecule has 0 amide bonds. The molecule has 10 rings (SSSR count). The predicted molar refractivity (Wildman–Crippen MR) is 220 cm³/mol. The van der Waals surface area contributed by atoms with Crippen LogP contribution in [0.3, 0.4) is 0 Å². The summed E-state index contributed by atoms with van der Waals surface area (Å²) in [7, 11) is 0. The van der Waals surface area contributed by atoms with E-state index in [4.69, 9.17) is 9.47 Å². The van der Waals surface area contributed by atoms with E-state index >= 15 is 0 Å². The molecule has 10 heteroatoms. The molecule has 0 atom stereocenters. The van der Waals surface area contributed by atoms with Gasteiger partial charge in [-0.1, -0.05) is 130 Å². The normalized spacial score (nSPS) is 10.8. The first kappa shape index (κ1) is 39.2. The molecule has 0 radical (unpaired) electrons. The maximum Gasteiger partial charge on any atom is 2.00 e. The Balaban J connectivity index is 0.00000242. The molecule has 0 saturated heterocycles. The third kappa shape index (κ3) is 7.97. The smallest absolute Gasteiger partial charge is 0.502 e. The van der Waals surface area contributed by atoms with Crippen LogP contribution in [0.4, 0.5) is 0 Å². The minimum atomic E-state index is 0. The van der Waals surface area contributed by atoms with Crippen LogP contribution < -0.4 is 9.47 Å². The molecule has 0 spiro atoms. The second-order valence-corrected chi connectivity index (χ2v) is 13.0. The van der Waals surface area contributed by atoms with Crippen LogP contribution in [0.1, 0.15) is 0 Å². The Kier molecular flexibility index (Phi) is 11.6. The van der Waals surface area contributed by atoms with E-state index < -0.39 is 0 Å². The average Bonchev–Trinajstić information content (AvgIpc) is 3.59. The van der Waals surface area contributed by atoms with Gasteiger partial charge in [0.1, 0.15) is 12.7 Å². The van der Waals surface area contributed by atoms with Crippen LogP contribution in [-0.4, -0.2) is 29.5 Å². The van der Waals surface area contributed by atoms with Crippen molar-refractivity contribution in [3.63, 3.8) is 0 Å². The molecule has 8 nitrogen and oxygen atoms in total. The van der Waals surface area contributed by atoms with Crippen molar-refractivity contribution in [1.82, 2.24) is 29.5 Å². The van der Waals surface area contributed by atoms with Gasteiger partial charge in [0.2, 0.25) is 5.95 Å². The molecule has 0 aliphatic carbocycles. The molecule has 0 unspecified atom stereocenters. The van der Waals surface area contributed by atoms with Gasteiger partial charge in [-0.25, -0.2) is 15.0 Å². The summed E-state index contributed by atoms with van der Waals surface area (Å²) < 4.78 is 15.3. The van der Waals surface area contributed by atoms with Crippen LogP contribution in [-0.2, 0) is 41.5 Å². The van der Waals surface area contributed by atoms with Crippen LogP contribution in [0.2, 0.25) is 0 Å². The van der Waals surface area contributed by atoms with Gasteiger partial charge in [0.15, 0.2) is 0 Å². The van der Waals surface area contributed by atoms with Crippen molar-refractivity contribution in [3.8, 4) is 73.7 Å². The maximum absolute atomic E-state index is 6.71. The molecule has 59 heavy (non-hydrogen) atoms. The van der Waals surface area contributed by atoms with Crippen molar-refractivity contribution in [1.29, 1.82) is 0 Å². The Morgan fingerprint density at radius 3 is 1.36 bits per heavy atom. The molecular weight excluding hydrogens is 1010 g/mol. The van der Waals surface area contributed by atoms with Crippen LogP contribution >= 0.6 is 0 Å². The SMILES string of the molecule is [Pd+2].[Pt+2].[c-]1c(Oc2[c-]c3c(cc2-c2ccccc2)c2cc(-c4ccccc4)c(Oc4[c-]c(-c5ccccn5)ccc4)[c-]c2n3-c2ncncn2)cccc1-c1ccccn1. The van der Waals surface area contributed by atoms with E-state index in [-0.39, 0.29) is 41.5 Å². The summed E-state index contributed by atoms with van der Waals surface area (Å²) in [6.07, 6.45) is 6.48. The van der Waals surface area contributed by atoms with Gasteiger partial charge in [0.25, 0.3) is 0 Å². The van der Waals surface area contributed by atoms with Gasteiger partial charge in [-0.15, -0.1) is 59.7 Å². The molecule has 4 heterocycles. The fourth-order valence-corrected chi connectivity index (χ4v) is 6.87. The number of ether oxygens (including phenoxy) is 2. The molecule has 6 aromatic carbocycles. The topological polar surface area (TPSA) is 87.8 Å². The largest absolute Gasteiger partial charge is 2.00 e. The number of fused-ring (bicyclic) bond motifs is 3. The summed E-state index contributed by atoms with van der Waals surface area (Å²) in [4.78, 5) is 22.3. The Morgan fingerprint density at radius 1 is 0.458 bits per heavy atom. The first-order chi connectivity index (χ1) is 28.2. The summed E-state index contributed by atoms with van der Waals surface area (Å²) in [5, 5.41) is 1.79. The van der Waals surface area contributed by atoms with Crippen molar-refractivity contribution in [2.45, 2.75) is 0 Å². The Morgan fingerprint density at radius 2 is 0.915 bits per heavy atom. The van der Waals surface area contributed by atoms with E-state index in [9.17, 15) is 0 Å². The quantitative estimate of drug-likeness (QED) is 0.105. The molecule has 0 aliphatic rings. The second kappa shape index (κ2) is 17.5. The standard InChI is InChI=1S/C49H28N6O2.Pd.Pt/c1-3-13-33(14-4-1)39-27-41-42-28-40(34-15-5-2-6-16-34)48(57-38-20-12-18-36(26-38)44-22-8-10-24-52-44)30-46(42)55(49-53-31-50-32-54-49)45(41)29-47(39)56-37-19-11-17-35(25-37)43-21-7-9-23-51-43;;/h1-24,27-28,31-32H;;/q-4;2*+2. The van der Waals surface area contributed by atoms with E-state index in [0.717, 1.165) is 55.5 Å². The van der Waals surface area contributed by atoms with Gasteiger partial charge < -0.3 is 24.0 Å². The molecule has 0 aliphatic heterocycles. The van der Waals surface area contributed by atoms with E-state index in [1.165, 1.54) is 12.7 Å². The number of rotatable bonds is 9. The van der Waals surface area contributed by atoms with Gasteiger partial charge in [0.05, 0.1) is 0 Å². The zero-order valence-electron chi connectivity index (χ0n) is 30.8. The summed E-state index contributed by atoms with van der Waals surface area (Å²) >= 11 is 0. The molecule has 4 aromatic heterocycles. The van der Waals surface area contributed by atoms with Crippen LogP contribution in [0.5, 0.6) is 23.0 Å². The molecule has 0 N–H and O–H groups in total. The molecule has 0 saturated carbocycles. The minimum Gasteiger partial charge on any atom is -0.502 e. The van der Waals surface area contributed by atoms with Gasteiger partial charge >= 0.3 is 41.5 Å². The zero-order chi connectivity index (χ0) is 38.0. The van der Waals surface area contributed by atoms with Crippen molar-refractivity contribution >= 4 is 21.8 Å². The van der Waals surface area contributed by atoms with Gasteiger partial charge in [0, 0.05) is 35.4 Å². The summed E-state index contributed by atoms with van der Waals surface area (Å²) in [5.74, 6) is 2.43. The molecule has 286 valence electrons. The van der Waals surface area contributed by atoms with Crippen molar-refractivity contribution in [3.05, 3.63) is 195 Å². The predicted octanol–water partition coefficient (Wildman–Crippen LogP) is 11.2. The number of aromatic nitrogens is 6. The Labute approximate surface area is 368 Å². The van der Waals surface area contributed by atoms with Crippen molar-refractivity contribution in [2.75, 3.05) is 0 Å². The number of hydrogen-bond donors (Lipinski definition) is 0. The third-order valence-corrected chi connectivity index (χ3v) is 9.47. The Bertz CT molecular complexity index is 2820. The number of pyridine rings is 2. The fraction of sp³-hybridized carbons (Fsp3) is 0. The molecule has 0 bridgehead atoms.